The van der Waals surface area contributed by atoms with Gasteiger partial charge in [-0.05, 0) is 18.1 Å². The van der Waals surface area contributed by atoms with Gasteiger partial charge < -0.3 is 5.32 Å². The van der Waals surface area contributed by atoms with Crippen molar-refractivity contribution in [2.75, 3.05) is 0 Å². The zero-order chi connectivity index (χ0) is 8.39. The first-order valence-corrected chi connectivity index (χ1v) is 4.05. The molecule has 1 fully saturated rings. The van der Waals surface area contributed by atoms with E-state index in [0.29, 0.717) is 6.42 Å². The molecule has 0 saturated carbocycles. The third-order valence-corrected chi connectivity index (χ3v) is 2.08. The van der Waals surface area contributed by atoms with Crippen LogP contribution in [0.3, 0.4) is 0 Å². The van der Waals surface area contributed by atoms with Crippen molar-refractivity contribution >= 4 is 5.91 Å². The summed E-state index contributed by atoms with van der Waals surface area (Å²) in [5.41, 5.74) is 1.10. The summed E-state index contributed by atoms with van der Waals surface area (Å²) in [7, 11) is 0. The molecule has 3 heteroatoms. The topological polar surface area (TPSA) is 42.0 Å². The minimum absolute atomic E-state index is 0.142. The highest BCUT2D eigenvalue weighted by Crippen LogP contribution is 2.22. The quantitative estimate of drug-likeness (QED) is 0.670. The van der Waals surface area contributed by atoms with E-state index in [1.165, 1.54) is 0 Å². The predicted octanol–water partition coefficient (Wildman–Crippen LogP) is 1.03. The number of carbonyl (C=O) groups excluding carboxylic acids is 1. The van der Waals surface area contributed by atoms with Crippen molar-refractivity contribution in [3.05, 3.63) is 30.1 Å². The third kappa shape index (κ3) is 1.30. The van der Waals surface area contributed by atoms with E-state index in [2.05, 4.69) is 10.3 Å². The lowest BCUT2D eigenvalue weighted by Gasteiger charge is -2.08. The van der Waals surface area contributed by atoms with E-state index < -0.39 is 0 Å². The van der Waals surface area contributed by atoms with Crippen LogP contribution in [0.15, 0.2) is 24.5 Å². The molecule has 1 amide bonds. The maximum Gasteiger partial charge on any atom is 0.220 e. The molecule has 1 N–H and O–H groups in total. The summed E-state index contributed by atoms with van der Waals surface area (Å²) in [5, 5.41) is 2.89. The standard InChI is InChI=1S/C9H10N2O/c12-9-4-3-8(11-9)7-2-1-5-10-6-7/h1-2,5-6,8H,3-4H2,(H,11,12)/t8-/m1/s1. The summed E-state index contributed by atoms with van der Waals surface area (Å²) < 4.78 is 0. The van der Waals surface area contributed by atoms with E-state index >= 15 is 0 Å². The second kappa shape index (κ2) is 2.93. The van der Waals surface area contributed by atoms with Gasteiger partial charge in [-0.3, -0.25) is 9.78 Å². The summed E-state index contributed by atoms with van der Waals surface area (Å²) in [6.45, 7) is 0. The maximum atomic E-state index is 10.9. The summed E-state index contributed by atoms with van der Waals surface area (Å²) in [5.74, 6) is 0.142. The maximum absolute atomic E-state index is 10.9. The second-order valence-electron chi connectivity index (χ2n) is 2.95. The van der Waals surface area contributed by atoms with Crippen LogP contribution in [-0.4, -0.2) is 10.9 Å². The van der Waals surface area contributed by atoms with Crippen LogP contribution in [0.25, 0.3) is 0 Å². The molecule has 0 radical (unpaired) electrons. The molecule has 0 aromatic carbocycles. The minimum atomic E-state index is 0.142. The molecule has 2 rings (SSSR count). The molecule has 1 aromatic heterocycles. The van der Waals surface area contributed by atoms with Crippen molar-refractivity contribution in [3.63, 3.8) is 0 Å². The van der Waals surface area contributed by atoms with Gasteiger partial charge in [0.25, 0.3) is 0 Å². The summed E-state index contributed by atoms with van der Waals surface area (Å²) in [6.07, 6.45) is 5.07. The Bertz CT molecular complexity index is 284. The molecule has 62 valence electrons. The smallest absolute Gasteiger partial charge is 0.220 e. The number of hydrogen-bond acceptors (Lipinski definition) is 2. The lowest BCUT2D eigenvalue weighted by molar-refractivity contribution is -0.119. The lowest BCUT2D eigenvalue weighted by Crippen LogP contribution is -2.18. The number of hydrogen-bond donors (Lipinski definition) is 1. The Morgan fingerprint density at radius 2 is 2.50 bits per heavy atom. The van der Waals surface area contributed by atoms with Gasteiger partial charge in [0.15, 0.2) is 0 Å². The molecule has 3 nitrogen and oxygen atoms in total. The van der Waals surface area contributed by atoms with Crippen LogP contribution < -0.4 is 5.32 Å². The lowest BCUT2D eigenvalue weighted by atomic mass is 10.1. The van der Waals surface area contributed by atoms with Gasteiger partial charge >= 0.3 is 0 Å². The zero-order valence-electron chi connectivity index (χ0n) is 6.66. The van der Waals surface area contributed by atoms with Gasteiger partial charge in [-0.2, -0.15) is 0 Å². The predicted molar refractivity (Wildman–Crippen MR) is 44.4 cm³/mol. The van der Waals surface area contributed by atoms with Gasteiger partial charge in [0.05, 0.1) is 6.04 Å². The average molecular weight is 162 g/mol. The number of amides is 1. The Morgan fingerprint density at radius 3 is 3.08 bits per heavy atom. The highest BCUT2D eigenvalue weighted by Gasteiger charge is 2.21. The van der Waals surface area contributed by atoms with Crippen LogP contribution in [-0.2, 0) is 4.79 Å². The number of aromatic nitrogens is 1. The second-order valence-corrected chi connectivity index (χ2v) is 2.95. The van der Waals surface area contributed by atoms with Gasteiger partial charge in [-0.15, -0.1) is 0 Å². The van der Waals surface area contributed by atoms with Gasteiger partial charge in [0.2, 0.25) is 5.91 Å². The molecule has 0 spiro atoms. The molecule has 12 heavy (non-hydrogen) atoms. The van der Waals surface area contributed by atoms with Gasteiger partial charge in [-0.25, -0.2) is 0 Å². The van der Waals surface area contributed by atoms with E-state index in [9.17, 15) is 4.79 Å². The fraction of sp³-hybridized carbons (Fsp3) is 0.333. The highest BCUT2D eigenvalue weighted by atomic mass is 16.1. The number of rotatable bonds is 1. The van der Waals surface area contributed by atoms with Crippen molar-refractivity contribution < 1.29 is 4.79 Å². The highest BCUT2D eigenvalue weighted by molar-refractivity contribution is 5.78. The molecule has 2 heterocycles. The molecule has 0 unspecified atom stereocenters. The SMILES string of the molecule is O=C1CC[C@H](c2cccnc2)N1. The fourth-order valence-electron chi connectivity index (χ4n) is 1.45. The van der Waals surface area contributed by atoms with Crippen molar-refractivity contribution in [3.8, 4) is 0 Å². The summed E-state index contributed by atoms with van der Waals surface area (Å²) >= 11 is 0. The van der Waals surface area contributed by atoms with E-state index in [1.807, 2.05) is 12.1 Å². The first kappa shape index (κ1) is 7.28. The molecule has 0 bridgehead atoms. The van der Waals surface area contributed by atoms with Crippen molar-refractivity contribution in [2.24, 2.45) is 0 Å². The van der Waals surface area contributed by atoms with Crippen LogP contribution in [0, 0.1) is 0 Å². The molecule has 1 saturated heterocycles. The van der Waals surface area contributed by atoms with Crippen LogP contribution >= 0.6 is 0 Å². The Kier molecular flexibility index (Phi) is 1.78. The average Bonchev–Trinajstić information content (AvgIpc) is 2.54. The molecule has 1 aromatic rings. The molecular formula is C9H10N2O. The van der Waals surface area contributed by atoms with Crippen molar-refractivity contribution in [2.45, 2.75) is 18.9 Å². The van der Waals surface area contributed by atoms with Crippen LogP contribution in [0.1, 0.15) is 24.4 Å². The minimum Gasteiger partial charge on any atom is -0.349 e. The number of nitrogens with zero attached hydrogens (tertiary/aromatic N) is 1. The summed E-state index contributed by atoms with van der Waals surface area (Å²) in [4.78, 5) is 14.9. The van der Waals surface area contributed by atoms with Crippen LogP contribution in [0.5, 0.6) is 0 Å². The van der Waals surface area contributed by atoms with E-state index in [-0.39, 0.29) is 11.9 Å². The zero-order valence-corrected chi connectivity index (χ0v) is 6.66. The normalized spacial score (nSPS) is 22.3. The van der Waals surface area contributed by atoms with Gasteiger partial charge in [0, 0.05) is 18.8 Å². The Morgan fingerprint density at radius 1 is 1.58 bits per heavy atom. The first-order chi connectivity index (χ1) is 5.86. The Balaban J connectivity index is 2.16. The van der Waals surface area contributed by atoms with Crippen molar-refractivity contribution in [1.29, 1.82) is 0 Å². The number of pyridine rings is 1. The van der Waals surface area contributed by atoms with Crippen LogP contribution in [0.2, 0.25) is 0 Å². The van der Waals surface area contributed by atoms with Gasteiger partial charge in [0.1, 0.15) is 0 Å². The van der Waals surface area contributed by atoms with E-state index in [1.54, 1.807) is 12.4 Å². The largest absolute Gasteiger partial charge is 0.349 e. The third-order valence-electron chi connectivity index (χ3n) is 2.08. The molecule has 1 atom stereocenters. The van der Waals surface area contributed by atoms with Crippen molar-refractivity contribution in [1.82, 2.24) is 10.3 Å². The fourth-order valence-corrected chi connectivity index (χ4v) is 1.45. The molecule has 1 aliphatic rings. The Hall–Kier alpha value is -1.38. The molecule has 1 aliphatic heterocycles. The van der Waals surface area contributed by atoms with E-state index in [0.717, 1.165) is 12.0 Å². The monoisotopic (exact) mass is 162 g/mol. The van der Waals surface area contributed by atoms with Crippen LogP contribution in [0.4, 0.5) is 0 Å². The van der Waals surface area contributed by atoms with E-state index in [4.69, 9.17) is 0 Å². The van der Waals surface area contributed by atoms with Gasteiger partial charge in [-0.1, -0.05) is 6.07 Å². The first-order valence-electron chi connectivity index (χ1n) is 4.05. The number of nitrogens with one attached hydrogen (secondary N) is 1. The summed E-state index contributed by atoms with van der Waals surface area (Å²) in [6, 6.07) is 4.06. The molecule has 0 aliphatic carbocycles. The Labute approximate surface area is 70.8 Å². The number of carbonyl (C=O) groups is 1. The molecular weight excluding hydrogens is 152 g/mol.